The van der Waals surface area contributed by atoms with Gasteiger partial charge in [-0.3, -0.25) is 5.32 Å². The van der Waals surface area contributed by atoms with E-state index >= 15 is 0 Å². The molecule has 0 aromatic carbocycles. The first-order chi connectivity index (χ1) is 8.89. The van der Waals surface area contributed by atoms with Crippen LogP contribution in [0.1, 0.15) is 25.6 Å². The summed E-state index contributed by atoms with van der Waals surface area (Å²) in [6.07, 6.45) is 1.15. The molecule has 0 saturated heterocycles. The lowest BCUT2D eigenvalue weighted by atomic mass is 10.2. The van der Waals surface area contributed by atoms with Gasteiger partial charge in [-0.05, 0) is 32.9 Å². The van der Waals surface area contributed by atoms with Crippen LogP contribution in [-0.2, 0) is 11.3 Å². The lowest BCUT2D eigenvalue weighted by Crippen LogP contribution is -2.27. The van der Waals surface area contributed by atoms with Gasteiger partial charge < -0.3 is 10.5 Å². The third-order valence-electron chi connectivity index (χ3n) is 2.32. The summed E-state index contributed by atoms with van der Waals surface area (Å²) in [7, 11) is 0. The van der Waals surface area contributed by atoms with Crippen LogP contribution in [0.15, 0.2) is 18.3 Å². The second-order valence-electron chi connectivity index (χ2n) is 5.12. The first-order valence-corrected chi connectivity index (χ1v) is 6.78. The van der Waals surface area contributed by atoms with Crippen molar-refractivity contribution >= 4 is 33.3 Å². The minimum atomic E-state index is -0.533. The molecular formula is C13H17N3O2S. The molecule has 0 radical (unpaired) electrons. The fourth-order valence-corrected chi connectivity index (χ4v) is 2.55. The van der Waals surface area contributed by atoms with Gasteiger partial charge in [0.1, 0.15) is 11.4 Å². The van der Waals surface area contributed by atoms with Crippen molar-refractivity contribution in [3.05, 3.63) is 23.2 Å². The highest BCUT2D eigenvalue weighted by Crippen LogP contribution is 2.29. The van der Waals surface area contributed by atoms with Gasteiger partial charge in [0, 0.05) is 27.7 Å². The Labute approximate surface area is 115 Å². The SMILES string of the molecule is CC(C)(C)OC(=O)Nc1nccc2sc(CN)cc12. The fraction of sp³-hybridized carbons (Fsp3) is 0.385. The number of aromatic nitrogens is 1. The summed E-state index contributed by atoms with van der Waals surface area (Å²) in [6.45, 7) is 5.93. The van der Waals surface area contributed by atoms with Crippen LogP contribution >= 0.6 is 11.3 Å². The quantitative estimate of drug-likeness (QED) is 0.885. The molecular weight excluding hydrogens is 262 g/mol. The largest absolute Gasteiger partial charge is 0.444 e. The zero-order valence-electron chi connectivity index (χ0n) is 11.2. The molecule has 1 amide bonds. The summed E-state index contributed by atoms with van der Waals surface area (Å²) in [5.74, 6) is 0.503. The summed E-state index contributed by atoms with van der Waals surface area (Å²) in [6, 6.07) is 3.85. The minimum Gasteiger partial charge on any atom is -0.444 e. The number of ether oxygens (including phenoxy) is 1. The molecule has 2 aromatic heterocycles. The number of pyridine rings is 1. The van der Waals surface area contributed by atoms with Crippen molar-refractivity contribution in [1.82, 2.24) is 4.98 Å². The van der Waals surface area contributed by atoms with E-state index in [0.29, 0.717) is 12.4 Å². The second kappa shape index (κ2) is 5.14. The normalized spacial score (nSPS) is 11.6. The third-order valence-corrected chi connectivity index (χ3v) is 3.44. The number of nitrogens with one attached hydrogen (secondary N) is 1. The van der Waals surface area contributed by atoms with Crippen LogP contribution < -0.4 is 11.1 Å². The number of fused-ring (bicyclic) bond motifs is 1. The molecule has 0 aliphatic rings. The molecule has 0 saturated carbocycles. The van der Waals surface area contributed by atoms with Crippen molar-refractivity contribution < 1.29 is 9.53 Å². The standard InChI is InChI=1S/C13H17N3O2S/c1-13(2,3)18-12(17)16-11-9-6-8(7-14)19-10(9)4-5-15-11/h4-6H,7,14H2,1-3H3,(H,15,16,17). The molecule has 5 nitrogen and oxygen atoms in total. The van der Waals surface area contributed by atoms with Crippen LogP contribution in [0.5, 0.6) is 0 Å². The molecule has 0 aliphatic heterocycles. The van der Waals surface area contributed by atoms with Crippen LogP contribution in [0.2, 0.25) is 0 Å². The van der Waals surface area contributed by atoms with Crippen LogP contribution in [-0.4, -0.2) is 16.7 Å². The number of carbonyl (C=O) groups excluding carboxylic acids is 1. The van der Waals surface area contributed by atoms with Crippen LogP contribution in [0.4, 0.5) is 10.6 Å². The topological polar surface area (TPSA) is 77.2 Å². The maximum absolute atomic E-state index is 11.8. The lowest BCUT2D eigenvalue weighted by Gasteiger charge is -2.19. The highest BCUT2D eigenvalue weighted by atomic mass is 32.1. The predicted octanol–water partition coefficient (Wildman–Crippen LogP) is 3.10. The maximum Gasteiger partial charge on any atom is 0.413 e. The summed E-state index contributed by atoms with van der Waals surface area (Å²) >= 11 is 1.59. The van der Waals surface area contributed by atoms with Crippen molar-refractivity contribution in [2.24, 2.45) is 5.73 Å². The Hall–Kier alpha value is -1.66. The molecule has 6 heteroatoms. The summed E-state index contributed by atoms with van der Waals surface area (Å²) in [5.41, 5.74) is 5.09. The highest BCUT2D eigenvalue weighted by molar-refractivity contribution is 7.19. The summed E-state index contributed by atoms with van der Waals surface area (Å²) in [4.78, 5) is 17.0. The highest BCUT2D eigenvalue weighted by Gasteiger charge is 2.17. The number of hydrogen-bond donors (Lipinski definition) is 2. The summed E-state index contributed by atoms with van der Waals surface area (Å²) in [5, 5.41) is 3.56. The van der Waals surface area contributed by atoms with Gasteiger partial charge in [-0.1, -0.05) is 0 Å². The molecule has 0 aliphatic carbocycles. The van der Waals surface area contributed by atoms with Crippen molar-refractivity contribution in [2.75, 3.05) is 5.32 Å². The molecule has 0 spiro atoms. The zero-order valence-corrected chi connectivity index (χ0v) is 12.0. The third kappa shape index (κ3) is 3.42. The molecule has 0 fully saturated rings. The van der Waals surface area contributed by atoms with Gasteiger partial charge in [0.05, 0.1) is 0 Å². The van der Waals surface area contributed by atoms with Crippen LogP contribution in [0, 0.1) is 0 Å². The van der Waals surface area contributed by atoms with E-state index in [2.05, 4.69) is 10.3 Å². The lowest BCUT2D eigenvalue weighted by molar-refractivity contribution is 0.0635. The average molecular weight is 279 g/mol. The van der Waals surface area contributed by atoms with Gasteiger partial charge in [0.15, 0.2) is 0 Å². The van der Waals surface area contributed by atoms with Gasteiger partial charge >= 0.3 is 6.09 Å². The van der Waals surface area contributed by atoms with Crippen molar-refractivity contribution in [3.63, 3.8) is 0 Å². The number of rotatable bonds is 2. The van der Waals surface area contributed by atoms with E-state index in [1.54, 1.807) is 17.5 Å². The molecule has 2 rings (SSSR count). The van der Waals surface area contributed by atoms with Gasteiger partial charge in [-0.15, -0.1) is 11.3 Å². The summed E-state index contributed by atoms with van der Waals surface area (Å²) < 4.78 is 6.26. The number of thiophene rings is 1. The first-order valence-electron chi connectivity index (χ1n) is 5.96. The number of hydrogen-bond acceptors (Lipinski definition) is 5. The van der Waals surface area contributed by atoms with E-state index in [-0.39, 0.29) is 0 Å². The number of nitrogens with two attached hydrogens (primary N) is 1. The number of carbonyl (C=O) groups is 1. The molecule has 2 aromatic rings. The van der Waals surface area contributed by atoms with Crippen LogP contribution in [0.3, 0.4) is 0 Å². The molecule has 2 heterocycles. The molecule has 102 valence electrons. The van der Waals surface area contributed by atoms with E-state index in [9.17, 15) is 4.79 Å². The molecule has 0 atom stereocenters. The smallest absolute Gasteiger partial charge is 0.413 e. The zero-order chi connectivity index (χ0) is 14.0. The molecule has 0 unspecified atom stereocenters. The van der Waals surface area contributed by atoms with Gasteiger partial charge in [-0.2, -0.15) is 0 Å². The predicted molar refractivity (Wildman–Crippen MR) is 77.4 cm³/mol. The Morgan fingerprint density at radius 3 is 2.89 bits per heavy atom. The van der Waals surface area contributed by atoms with Crippen molar-refractivity contribution in [2.45, 2.75) is 32.9 Å². The van der Waals surface area contributed by atoms with E-state index in [1.165, 1.54) is 0 Å². The molecule has 0 bridgehead atoms. The number of anilines is 1. The van der Waals surface area contributed by atoms with E-state index < -0.39 is 11.7 Å². The Morgan fingerprint density at radius 1 is 1.53 bits per heavy atom. The van der Waals surface area contributed by atoms with Gasteiger partial charge in [0.25, 0.3) is 0 Å². The maximum atomic E-state index is 11.8. The Morgan fingerprint density at radius 2 is 2.26 bits per heavy atom. The Kier molecular flexibility index (Phi) is 3.73. The number of nitrogens with zero attached hydrogens (tertiary/aromatic N) is 1. The average Bonchev–Trinajstić information content (AvgIpc) is 2.70. The second-order valence-corrected chi connectivity index (χ2v) is 6.28. The van der Waals surface area contributed by atoms with Crippen LogP contribution in [0.25, 0.3) is 10.1 Å². The van der Waals surface area contributed by atoms with E-state index in [1.807, 2.05) is 32.9 Å². The molecule has 19 heavy (non-hydrogen) atoms. The number of amides is 1. The van der Waals surface area contributed by atoms with E-state index in [0.717, 1.165) is 15.0 Å². The van der Waals surface area contributed by atoms with Crippen molar-refractivity contribution in [1.29, 1.82) is 0 Å². The van der Waals surface area contributed by atoms with Gasteiger partial charge in [-0.25, -0.2) is 9.78 Å². The minimum absolute atomic E-state index is 0.477. The monoisotopic (exact) mass is 279 g/mol. The first kappa shape index (κ1) is 13.8. The Balaban J connectivity index is 2.25. The Bertz CT molecular complexity index is 601. The fourth-order valence-electron chi connectivity index (χ4n) is 1.62. The van der Waals surface area contributed by atoms with Crippen molar-refractivity contribution in [3.8, 4) is 0 Å². The van der Waals surface area contributed by atoms with Gasteiger partial charge in [0.2, 0.25) is 0 Å². The van der Waals surface area contributed by atoms with E-state index in [4.69, 9.17) is 10.5 Å². The molecule has 3 N–H and O–H groups in total.